The molecule has 0 spiro atoms. The smallest absolute Gasteiger partial charge is 0.261 e. The number of hydrogen-bond donors (Lipinski definition) is 2. The first-order valence-corrected chi connectivity index (χ1v) is 8.79. The Balaban J connectivity index is 1.79. The van der Waals surface area contributed by atoms with Gasteiger partial charge in [0.25, 0.3) is 5.91 Å². The Kier molecular flexibility index (Phi) is 3.70. The van der Waals surface area contributed by atoms with Crippen molar-refractivity contribution < 1.29 is 19.4 Å². The summed E-state index contributed by atoms with van der Waals surface area (Å²) in [6.07, 6.45) is 0.997. The van der Waals surface area contributed by atoms with Gasteiger partial charge < -0.3 is 15.2 Å². The van der Waals surface area contributed by atoms with E-state index in [4.69, 9.17) is 4.74 Å². The number of benzene rings is 2. The lowest BCUT2D eigenvalue weighted by molar-refractivity contribution is -0.138. The van der Waals surface area contributed by atoms with Crippen LogP contribution in [0.1, 0.15) is 27.9 Å². The van der Waals surface area contributed by atoms with Gasteiger partial charge in [-0.3, -0.25) is 9.59 Å². The van der Waals surface area contributed by atoms with E-state index in [9.17, 15) is 14.7 Å². The Hall–Kier alpha value is -2.18. The fourth-order valence-electron chi connectivity index (χ4n) is 3.79. The maximum absolute atomic E-state index is 13.1. The molecule has 6 heteroatoms. The maximum atomic E-state index is 13.1. The molecule has 128 valence electrons. The molecule has 4 rings (SSSR count). The number of fused-ring (bicyclic) bond motifs is 2. The average Bonchev–Trinajstić information content (AvgIpc) is 2.86. The van der Waals surface area contributed by atoms with Crippen LogP contribution >= 0.6 is 15.9 Å². The lowest BCUT2D eigenvalue weighted by Gasteiger charge is -2.33. The monoisotopic (exact) mass is 401 g/mol. The predicted octanol–water partition coefficient (Wildman–Crippen LogP) is 3.04. The normalized spacial score (nSPS) is 24.5. The van der Waals surface area contributed by atoms with Crippen molar-refractivity contribution in [3.8, 4) is 5.75 Å². The predicted molar refractivity (Wildman–Crippen MR) is 95.8 cm³/mol. The van der Waals surface area contributed by atoms with E-state index >= 15 is 0 Å². The third-order valence-electron chi connectivity index (χ3n) is 5.09. The number of ketones is 1. The highest BCUT2D eigenvalue weighted by atomic mass is 79.9. The van der Waals surface area contributed by atoms with E-state index in [0.29, 0.717) is 35.4 Å². The van der Waals surface area contributed by atoms with Crippen molar-refractivity contribution in [1.29, 1.82) is 0 Å². The topological polar surface area (TPSA) is 75.6 Å². The zero-order valence-corrected chi connectivity index (χ0v) is 15.1. The largest absolute Gasteiger partial charge is 0.497 e. The number of aliphatic hydroxyl groups is 1. The highest BCUT2D eigenvalue weighted by Gasteiger charge is 2.54. The third kappa shape index (κ3) is 2.32. The highest BCUT2D eigenvalue weighted by Crippen LogP contribution is 2.46. The number of amides is 1. The second kappa shape index (κ2) is 5.68. The molecular formula is C19H16BrNO4. The Labute approximate surface area is 153 Å². The number of halogens is 1. The van der Waals surface area contributed by atoms with E-state index in [0.717, 1.165) is 10.0 Å². The fourth-order valence-corrected chi connectivity index (χ4v) is 4.15. The molecule has 2 atom stereocenters. The number of nitrogens with one attached hydrogen (secondary N) is 1. The Bertz CT molecular complexity index is 910. The number of carbonyl (C=O) groups excluding carboxylic acids is 2. The van der Waals surface area contributed by atoms with Crippen LogP contribution in [0, 0.1) is 5.92 Å². The van der Waals surface area contributed by atoms with Crippen LogP contribution in [0.4, 0.5) is 5.69 Å². The summed E-state index contributed by atoms with van der Waals surface area (Å²) in [5, 5.41) is 14.0. The van der Waals surface area contributed by atoms with Gasteiger partial charge in [0.15, 0.2) is 11.4 Å². The summed E-state index contributed by atoms with van der Waals surface area (Å²) in [7, 11) is 1.58. The van der Waals surface area contributed by atoms with Gasteiger partial charge in [-0.2, -0.15) is 0 Å². The Morgan fingerprint density at radius 1 is 1.24 bits per heavy atom. The lowest BCUT2D eigenvalue weighted by Crippen LogP contribution is -2.47. The molecular weight excluding hydrogens is 386 g/mol. The van der Waals surface area contributed by atoms with Crippen LogP contribution in [0.15, 0.2) is 40.9 Å². The van der Waals surface area contributed by atoms with Crippen LogP contribution in [-0.2, 0) is 16.8 Å². The van der Waals surface area contributed by atoms with E-state index in [1.54, 1.807) is 37.4 Å². The molecule has 2 N–H and O–H groups in total. The molecule has 2 aromatic rings. The Morgan fingerprint density at radius 3 is 2.80 bits per heavy atom. The first kappa shape index (κ1) is 16.3. The quantitative estimate of drug-likeness (QED) is 0.810. The summed E-state index contributed by atoms with van der Waals surface area (Å²) in [6.45, 7) is 0. The van der Waals surface area contributed by atoms with E-state index in [-0.39, 0.29) is 5.78 Å². The van der Waals surface area contributed by atoms with Crippen molar-refractivity contribution in [2.45, 2.75) is 18.4 Å². The lowest BCUT2D eigenvalue weighted by atomic mass is 9.71. The van der Waals surface area contributed by atoms with Crippen LogP contribution in [0.2, 0.25) is 0 Å². The van der Waals surface area contributed by atoms with Crippen LogP contribution in [0.5, 0.6) is 5.75 Å². The minimum absolute atomic E-state index is 0.214. The summed E-state index contributed by atoms with van der Waals surface area (Å²) in [5.74, 6) is -0.883. The summed E-state index contributed by atoms with van der Waals surface area (Å²) in [5.41, 5.74) is 0.568. The summed E-state index contributed by atoms with van der Waals surface area (Å²) >= 11 is 3.37. The van der Waals surface area contributed by atoms with Crippen LogP contribution in [0.25, 0.3) is 0 Å². The number of hydrogen-bond acceptors (Lipinski definition) is 4. The van der Waals surface area contributed by atoms with Crippen LogP contribution in [0.3, 0.4) is 0 Å². The number of anilines is 1. The molecule has 0 fully saturated rings. The van der Waals surface area contributed by atoms with E-state index in [1.165, 1.54) is 0 Å². The van der Waals surface area contributed by atoms with Crippen LogP contribution in [-0.4, -0.2) is 23.9 Å². The molecule has 1 aliphatic heterocycles. The van der Waals surface area contributed by atoms with E-state index in [1.807, 2.05) is 6.07 Å². The molecule has 0 saturated carbocycles. The number of ether oxygens (including phenoxy) is 1. The molecule has 2 aliphatic rings. The van der Waals surface area contributed by atoms with Gasteiger partial charge in [0.05, 0.1) is 13.0 Å². The first-order valence-electron chi connectivity index (χ1n) is 8.00. The number of rotatable bonds is 2. The summed E-state index contributed by atoms with van der Waals surface area (Å²) in [6, 6.07) is 10.5. The Morgan fingerprint density at radius 2 is 2.04 bits per heavy atom. The molecule has 1 aliphatic carbocycles. The van der Waals surface area contributed by atoms with Gasteiger partial charge in [0.2, 0.25) is 0 Å². The second-order valence-electron chi connectivity index (χ2n) is 6.39. The van der Waals surface area contributed by atoms with Gasteiger partial charge in [0, 0.05) is 21.3 Å². The van der Waals surface area contributed by atoms with Crippen molar-refractivity contribution in [1.82, 2.24) is 0 Å². The highest BCUT2D eigenvalue weighted by molar-refractivity contribution is 9.10. The maximum Gasteiger partial charge on any atom is 0.261 e. The number of methoxy groups -OCH3 is 1. The van der Waals surface area contributed by atoms with Crippen molar-refractivity contribution >= 4 is 33.3 Å². The minimum Gasteiger partial charge on any atom is -0.497 e. The minimum atomic E-state index is -1.85. The van der Waals surface area contributed by atoms with E-state index < -0.39 is 17.4 Å². The number of aryl methyl sites for hydroxylation is 1. The molecule has 1 amide bonds. The van der Waals surface area contributed by atoms with Crippen molar-refractivity contribution in [2.24, 2.45) is 5.92 Å². The standard InChI is InChI=1S/C19H16BrNO4/c1-25-12-4-5-13-10(8-12)2-6-14(17(13)22)19(24)15-9-11(20)3-7-16(15)21-18(19)23/h3-5,7-9,14,24H,2,6H2,1H3,(H,21,23)/t14-,19-/m1/s1. The molecule has 1 heterocycles. The van der Waals surface area contributed by atoms with Gasteiger partial charge in [-0.15, -0.1) is 0 Å². The molecule has 2 aromatic carbocycles. The molecule has 25 heavy (non-hydrogen) atoms. The second-order valence-corrected chi connectivity index (χ2v) is 7.30. The fraction of sp³-hybridized carbons (Fsp3) is 0.263. The van der Waals surface area contributed by atoms with E-state index in [2.05, 4.69) is 21.2 Å². The van der Waals surface area contributed by atoms with Crippen molar-refractivity contribution in [2.75, 3.05) is 12.4 Å². The van der Waals surface area contributed by atoms with Gasteiger partial charge in [-0.25, -0.2) is 0 Å². The first-order chi connectivity index (χ1) is 11.9. The zero-order valence-electron chi connectivity index (χ0n) is 13.5. The van der Waals surface area contributed by atoms with Crippen molar-refractivity contribution in [3.05, 3.63) is 57.6 Å². The summed E-state index contributed by atoms with van der Waals surface area (Å²) < 4.78 is 5.95. The zero-order chi connectivity index (χ0) is 17.8. The SMILES string of the molecule is COc1ccc2c(c1)CC[C@@H]([C@]1(O)C(=O)Nc3ccc(Br)cc31)C2=O. The molecule has 0 unspecified atom stereocenters. The van der Waals surface area contributed by atoms with Gasteiger partial charge in [0.1, 0.15) is 5.75 Å². The third-order valence-corrected chi connectivity index (χ3v) is 5.58. The molecule has 0 radical (unpaired) electrons. The number of carbonyl (C=O) groups is 2. The molecule has 0 aromatic heterocycles. The summed E-state index contributed by atoms with van der Waals surface area (Å²) in [4.78, 5) is 25.6. The van der Waals surface area contributed by atoms with Crippen molar-refractivity contribution in [3.63, 3.8) is 0 Å². The van der Waals surface area contributed by atoms with Gasteiger partial charge in [-0.05, 0) is 54.8 Å². The number of Topliss-reactive ketones (excluding diaryl/α,β-unsaturated/α-hetero) is 1. The molecule has 5 nitrogen and oxygen atoms in total. The average molecular weight is 402 g/mol. The van der Waals surface area contributed by atoms with Crippen LogP contribution < -0.4 is 10.1 Å². The van der Waals surface area contributed by atoms with Gasteiger partial charge >= 0.3 is 0 Å². The van der Waals surface area contributed by atoms with Gasteiger partial charge in [-0.1, -0.05) is 15.9 Å². The molecule has 0 saturated heterocycles. The molecule has 0 bridgehead atoms.